The Balaban J connectivity index is 1.48. The topological polar surface area (TPSA) is 52.7 Å². The molecule has 2 aromatic heterocycles. The van der Waals surface area contributed by atoms with E-state index in [1.54, 1.807) is 6.07 Å². The van der Waals surface area contributed by atoms with E-state index in [1.165, 1.54) is 23.9 Å². The molecule has 0 unspecified atom stereocenters. The second-order valence-corrected chi connectivity index (χ2v) is 8.37. The number of hydrogen-bond acceptors (Lipinski definition) is 4. The Labute approximate surface area is 184 Å². The highest BCUT2D eigenvalue weighted by Crippen LogP contribution is 2.24. The number of aryl methyl sites for hydroxylation is 1. The first-order valence-electron chi connectivity index (χ1n) is 9.97. The molecule has 4 aromatic rings. The Morgan fingerprint density at radius 3 is 2.55 bits per heavy atom. The van der Waals surface area contributed by atoms with Crippen molar-refractivity contribution < 1.29 is 9.18 Å². The SMILES string of the molecule is Cc1cc(C(=O)CSc2nnc(Cc3ccccc3)n2C)c(C)n1-c1cccc(F)c1. The summed E-state index contributed by atoms with van der Waals surface area (Å²) in [6.07, 6.45) is 0.688. The van der Waals surface area contributed by atoms with Crippen molar-refractivity contribution in [3.63, 3.8) is 0 Å². The number of ketones is 1. The molecule has 0 aliphatic rings. The zero-order valence-electron chi connectivity index (χ0n) is 17.7. The number of aromatic nitrogens is 4. The van der Waals surface area contributed by atoms with Crippen molar-refractivity contribution in [3.05, 3.63) is 94.8 Å². The first-order chi connectivity index (χ1) is 14.9. The van der Waals surface area contributed by atoms with Crippen LogP contribution in [0.5, 0.6) is 0 Å². The third-order valence-corrected chi connectivity index (χ3v) is 6.28. The molecule has 0 bridgehead atoms. The smallest absolute Gasteiger partial charge is 0.191 e. The zero-order chi connectivity index (χ0) is 22.0. The van der Waals surface area contributed by atoms with Gasteiger partial charge in [0.2, 0.25) is 0 Å². The number of benzene rings is 2. The number of carbonyl (C=O) groups excluding carboxylic acids is 1. The largest absolute Gasteiger partial charge is 0.318 e. The molecule has 0 spiro atoms. The lowest BCUT2D eigenvalue weighted by molar-refractivity contribution is 0.102. The van der Waals surface area contributed by atoms with Crippen molar-refractivity contribution in [2.45, 2.75) is 25.4 Å². The van der Waals surface area contributed by atoms with E-state index in [0.717, 1.165) is 22.8 Å². The lowest BCUT2D eigenvalue weighted by atomic mass is 10.1. The molecule has 0 saturated carbocycles. The molecule has 4 rings (SSSR count). The minimum Gasteiger partial charge on any atom is -0.318 e. The molecule has 0 atom stereocenters. The lowest BCUT2D eigenvalue weighted by Crippen LogP contribution is -2.07. The Hall–Kier alpha value is -3.19. The first kappa shape index (κ1) is 21.1. The summed E-state index contributed by atoms with van der Waals surface area (Å²) in [4.78, 5) is 12.9. The number of carbonyl (C=O) groups is 1. The molecule has 0 amide bonds. The van der Waals surface area contributed by atoms with Gasteiger partial charge in [0, 0.05) is 36.1 Å². The van der Waals surface area contributed by atoms with Gasteiger partial charge < -0.3 is 9.13 Å². The van der Waals surface area contributed by atoms with Crippen LogP contribution in [-0.2, 0) is 13.5 Å². The Kier molecular flexibility index (Phi) is 6.04. The normalized spacial score (nSPS) is 11.1. The minimum absolute atomic E-state index is 0.00774. The fourth-order valence-electron chi connectivity index (χ4n) is 3.67. The van der Waals surface area contributed by atoms with E-state index < -0.39 is 0 Å². The molecule has 7 heteroatoms. The number of thioether (sulfide) groups is 1. The predicted octanol–water partition coefficient (Wildman–Crippen LogP) is 4.93. The summed E-state index contributed by atoms with van der Waals surface area (Å²) in [5.41, 5.74) is 4.20. The van der Waals surface area contributed by atoms with Crippen LogP contribution in [0.2, 0.25) is 0 Å². The first-order valence-corrected chi connectivity index (χ1v) is 11.0. The van der Waals surface area contributed by atoms with E-state index in [-0.39, 0.29) is 17.4 Å². The van der Waals surface area contributed by atoms with Crippen molar-refractivity contribution in [1.82, 2.24) is 19.3 Å². The van der Waals surface area contributed by atoms with E-state index in [0.29, 0.717) is 22.8 Å². The summed E-state index contributed by atoms with van der Waals surface area (Å²) in [5.74, 6) is 0.811. The van der Waals surface area contributed by atoms with E-state index >= 15 is 0 Å². The van der Waals surface area contributed by atoms with Crippen molar-refractivity contribution in [3.8, 4) is 5.69 Å². The molecule has 5 nitrogen and oxygen atoms in total. The molecule has 0 radical (unpaired) electrons. The van der Waals surface area contributed by atoms with Crippen LogP contribution < -0.4 is 0 Å². The van der Waals surface area contributed by atoms with Crippen LogP contribution in [0.4, 0.5) is 4.39 Å². The Morgan fingerprint density at radius 2 is 1.81 bits per heavy atom. The summed E-state index contributed by atoms with van der Waals surface area (Å²) in [7, 11) is 1.92. The lowest BCUT2D eigenvalue weighted by Gasteiger charge is -2.10. The number of hydrogen-bond donors (Lipinski definition) is 0. The Bertz CT molecular complexity index is 1230. The monoisotopic (exact) mass is 434 g/mol. The highest BCUT2D eigenvalue weighted by atomic mass is 32.2. The van der Waals surface area contributed by atoms with Crippen molar-refractivity contribution in [2.75, 3.05) is 5.75 Å². The van der Waals surface area contributed by atoms with Crippen LogP contribution >= 0.6 is 11.8 Å². The van der Waals surface area contributed by atoms with Crippen LogP contribution in [-0.4, -0.2) is 30.9 Å². The van der Waals surface area contributed by atoms with E-state index in [9.17, 15) is 9.18 Å². The molecular weight excluding hydrogens is 411 g/mol. The molecule has 0 aliphatic heterocycles. The summed E-state index contributed by atoms with van der Waals surface area (Å²) in [6.45, 7) is 3.80. The average Bonchev–Trinajstić information content (AvgIpc) is 3.25. The van der Waals surface area contributed by atoms with Crippen LogP contribution in [0.1, 0.15) is 33.1 Å². The number of rotatable bonds is 7. The number of Topliss-reactive ketones (excluding diaryl/α,β-unsaturated/α-hetero) is 1. The van der Waals surface area contributed by atoms with Gasteiger partial charge in [-0.2, -0.15) is 0 Å². The fourth-order valence-corrected chi connectivity index (χ4v) is 4.48. The van der Waals surface area contributed by atoms with Gasteiger partial charge >= 0.3 is 0 Å². The Morgan fingerprint density at radius 1 is 1.03 bits per heavy atom. The predicted molar refractivity (Wildman–Crippen MR) is 121 cm³/mol. The maximum atomic E-state index is 13.7. The zero-order valence-corrected chi connectivity index (χ0v) is 18.5. The molecule has 2 aromatic carbocycles. The van der Waals surface area contributed by atoms with Gasteiger partial charge in [-0.05, 0) is 43.7 Å². The van der Waals surface area contributed by atoms with Crippen molar-refractivity contribution >= 4 is 17.5 Å². The highest BCUT2D eigenvalue weighted by Gasteiger charge is 2.19. The van der Waals surface area contributed by atoms with Gasteiger partial charge in [0.05, 0.1) is 5.75 Å². The quantitative estimate of drug-likeness (QED) is 0.306. The summed E-state index contributed by atoms with van der Waals surface area (Å²) >= 11 is 1.37. The molecule has 0 aliphatic carbocycles. The van der Waals surface area contributed by atoms with Gasteiger partial charge in [-0.25, -0.2) is 4.39 Å². The standard InChI is InChI=1S/C24H23FN4OS/c1-16-12-21(17(2)29(16)20-11-7-10-19(25)14-20)22(30)15-31-24-27-26-23(28(24)3)13-18-8-5-4-6-9-18/h4-12,14H,13,15H2,1-3H3. The summed E-state index contributed by atoms with van der Waals surface area (Å²) < 4.78 is 17.5. The van der Waals surface area contributed by atoms with Gasteiger partial charge in [-0.15, -0.1) is 10.2 Å². The van der Waals surface area contributed by atoms with Crippen molar-refractivity contribution in [2.24, 2.45) is 7.05 Å². The van der Waals surface area contributed by atoms with Crippen molar-refractivity contribution in [1.29, 1.82) is 0 Å². The van der Waals surface area contributed by atoms with Crippen LogP contribution in [0.15, 0.2) is 65.8 Å². The molecule has 0 N–H and O–H groups in total. The average molecular weight is 435 g/mol. The van der Waals surface area contributed by atoms with Gasteiger partial charge in [0.25, 0.3) is 0 Å². The van der Waals surface area contributed by atoms with E-state index in [1.807, 2.05) is 60.4 Å². The molecule has 2 heterocycles. The third-order valence-electron chi connectivity index (χ3n) is 5.26. The molecule has 31 heavy (non-hydrogen) atoms. The van der Waals surface area contributed by atoms with Crippen LogP contribution in [0.25, 0.3) is 5.69 Å². The second kappa shape index (κ2) is 8.89. The van der Waals surface area contributed by atoms with Crippen LogP contribution in [0, 0.1) is 19.7 Å². The van der Waals surface area contributed by atoms with Gasteiger partial charge in [-0.3, -0.25) is 4.79 Å². The van der Waals surface area contributed by atoms with Crippen LogP contribution in [0.3, 0.4) is 0 Å². The molecular formula is C24H23FN4OS. The number of halogens is 1. The third kappa shape index (κ3) is 4.46. The maximum absolute atomic E-state index is 13.7. The van der Waals surface area contributed by atoms with E-state index in [4.69, 9.17) is 0 Å². The van der Waals surface area contributed by atoms with Gasteiger partial charge in [0.1, 0.15) is 11.6 Å². The fraction of sp³-hybridized carbons (Fsp3) is 0.208. The maximum Gasteiger partial charge on any atom is 0.191 e. The summed E-state index contributed by atoms with van der Waals surface area (Å²) in [6, 6.07) is 18.3. The molecule has 158 valence electrons. The molecule has 0 saturated heterocycles. The summed E-state index contributed by atoms with van der Waals surface area (Å²) in [5, 5.41) is 9.25. The molecule has 0 fully saturated rings. The minimum atomic E-state index is -0.304. The van der Waals surface area contributed by atoms with E-state index in [2.05, 4.69) is 22.3 Å². The van der Waals surface area contributed by atoms with Gasteiger partial charge in [0.15, 0.2) is 10.9 Å². The van der Waals surface area contributed by atoms with Gasteiger partial charge in [-0.1, -0.05) is 48.2 Å². The highest BCUT2D eigenvalue weighted by molar-refractivity contribution is 7.99. The second-order valence-electron chi connectivity index (χ2n) is 7.43. The number of nitrogens with zero attached hydrogens (tertiary/aromatic N) is 4.